The molecule has 1 N–H and O–H groups in total. The summed E-state index contributed by atoms with van der Waals surface area (Å²) in [6.45, 7) is 6.50. The molecule has 0 spiro atoms. The van der Waals surface area contributed by atoms with Gasteiger partial charge in [-0.15, -0.1) is 0 Å². The molecule has 1 saturated heterocycles. The van der Waals surface area contributed by atoms with Crippen molar-refractivity contribution in [2.75, 3.05) is 26.2 Å². The van der Waals surface area contributed by atoms with Crippen molar-refractivity contribution in [3.63, 3.8) is 0 Å². The van der Waals surface area contributed by atoms with Crippen molar-refractivity contribution in [3.8, 4) is 0 Å². The Labute approximate surface area is 80.9 Å². The molecule has 0 atom stereocenters. The highest BCUT2D eigenvalue weighted by atomic mass is 16.3. The zero-order valence-corrected chi connectivity index (χ0v) is 8.63. The van der Waals surface area contributed by atoms with Gasteiger partial charge in [0.1, 0.15) is 0 Å². The third-order valence-electron chi connectivity index (χ3n) is 3.67. The smallest absolute Gasteiger partial charge is 0.0460 e. The molecule has 1 aliphatic heterocycles. The van der Waals surface area contributed by atoms with Crippen molar-refractivity contribution in [1.82, 2.24) is 4.90 Å². The molecule has 2 rings (SSSR count). The lowest BCUT2D eigenvalue weighted by molar-refractivity contribution is 0.118. The van der Waals surface area contributed by atoms with Crippen LogP contribution < -0.4 is 0 Å². The summed E-state index contributed by atoms with van der Waals surface area (Å²) in [4.78, 5) is 2.58. The number of hydrogen-bond acceptors (Lipinski definition) is 2. The lowest BCUT2D eigenvalue weighted by Gasteiger charge is -2.32. The highest BCUT2D eigenvalue weighted by Gasteiger charge is 2.39. The molecule has 0 bridgehead atoms. The Bertz CT molecular complexity index is 169. The Morgan fingerprint density at radius 3 is 2.38 bits per heavy atom. The van der Waals surface area contributed by atoms with E-state index in [4.69, 9.17) is 5.11 Å². The van der Waals surface area contributed by atoms with Gasteiger partial charge in [-0.3, -0.25) is 0 Å². The monoisotopic (exact) mass is 183 g/mol. The van der Waals surface area contributed by atoms with E-state index >= 15 is 0 Å². The second kappa shape index (κ2) is 3.58. The van der Waals surface area contributed by atoms with E-state index in [9.17, 15) is 0 Å². The van der Waals surface area contributed by atoms with Crippen molar-refractivity contribution in [2.24, 2.45) is 11.3 Å². The van der Waals surface area contributed by atoms with Gasteiger partial charge in [-0.25, -0.2) is 0 Å². The molecule has 0 aromatic rings. The quantitative estimate of drug-likeness (QED) is 0.716. The summed E-state index contributed by atoms with van der Waals surface area (Å²) >= 11 is 0. The van der Waals surface area contributed by atoms with E-state index in [0.717, 1.165) is 0 Å². The number of rotatable bonds is 3. The van der Waals surface area contributed by atoms with Gasteiger partial charge in [0.2, 0.25) is 0 Å². The highest BCUT2D eigenvalue weighted by molar-refractivity contribution is 4.92. The van der Waals surface area contributed by atoms with Crippen molar-refractivity contribution in [3.05, 3.63) is 0 Å². The van der Waals surface area contributed by atoms with Gasteiger partial charge in [-0.1, -0.05) is 6.92 Å². The number of aliphatic hydroxyl groups excluding tert-OH is 1. The summed E-state index contributed by atoms with van der Waals surface area (Å²) in [6.07, 6.45) is 5.25. The van der Waals surface area contributed by atoms with Crippen LogP contribution in [0.3, 0.4) is 0 Å². The average Bonchev–Trinajstić information content (AvgIpc) is 2.85. The summed E-state index contributed by atoms with van der Waals surface area (Å²) in [5.74, 6) is 0.586. The summed E-state index contributed by atoms with van der Waals surface area (Å²) in [5, 5.41) is 9.00. The Hall–Kier alpha value is -0.0800. The van der Waals surface area contributed by atoms with Crippen LogP contribution in [0.2, 0.25) is 0 Å². The van der Waals surface area contributed by atoms with E-state index in [-0.39, 0.29) is 0 Å². The van der Waals surface area contributed by atoms with Gasteiger partial charge >= 0.3 is 0 Å². The second-order valence-corrected chi connectivity index (χ2v) is 5.21. The van der Waals surface area contributed by atoms with Crippen molar-refractivity contribution >= 4 is 0 Å². The largest absolute Gasteiger partial charge is 0.396 e. The van der Waals surface area contributed by atoms with Crippen LogP contribution in [0, 0.1) is 11.3 Å². The molecule has 0 unspecified atom stereocenters. The number of nitrogens with zero attached hydrogens (tertiary/aromatic N) is 1. The van der Waals surface area contributed by atoms with Gasteiger partial charge in [0.15, 0.2) is 0 Å². The van der Waals surface area contributed by atoms with Crippen LogP contribution in [0.5, 0.6) is 0 Å². The lowest BCUT2D eigenvalue weighted by Crippen LogP contribution is -2.37. The first kappa shape index (κ1) is 9.47. The summed E-state index contributed by atoms with van der Waals surface area (Å²) < 4.78 is 0. The third kappa shape index (κ3) is 2.44. The Morgan fingerprint density at radius 2 is 1.92 bits per heavy atom. The van der Waals surface area contributed by atoms with Gasteiger partial charge in [-0.05, 0) is 50.1 Å². The molecule has 1 aliphatic carbocycles. The van der Waals surface area contributed by atoms with Crippen molar-refractivity contribution < 1.29 is 5.11 Å². The van der Waals surface area contributed by atoms with Gasteiger partial charge in [0.05, 0.1) is 0 Å². The topological polar surface area (TPSA) is 23.5 Å². The summed E-state index contributed by atoms with van der Waals surface area (Å²) in [7, 11) is 0. The van der Waals surface area contributed by atoms with Crippen molar-refractivity contribution in [2.45, 2.75) is 32.6 Å². The van der Waals surface area contributed by atoms with Crippen LogP contribution in [0.25, 0.3) is 0 Å². The SMILES string of the molecule is CC1(CN2CCC(CO)CC2)CC1. The van der Waals surface area contributed by atoms with Crippen LogP contribution in [-0.4, -0.2) is 36.2 Å². The van der Waals surface area contributed by atoms with Crippen LogP contribution >= 0.6 is 0 Å². The lowest BCUT2D eigenvalue weighted by atomic mass is 9.97. The minimum Gasteiger partial charge on any atom is -0.396 e. The summed E-state index contributed by atoms with van der Waals surface area (Å²) in [5.41, 5.74) is 0.659. The van der Waals surface area contributed by atoms with Crippen molar-refractivity contribution in [1.29, 1.82) is 0 Å². The minimum absolute atomic E-state index is 0.394. The van der Waals surface area contributed by atoms with E-state index in [1.54, 1.807) is 0 Å². The predicted molar refractivity (Wildman–Crippen MR) is 53.6 cm³/mol. The highest BCUT2D eigenvalue weighted by Crippen LogP contribution is 2.45. The molecular weight excluding hydrogens is 162 g/mol. The van der Waals surface area contributed by atoms with Gasteiger partial charge in [0, 0.05) is 13.2 Å². The maximum Gasteiger partial charge on any atom is 0.0460 e. The number of likely N-dealkylation sites (tertiary alicyclic amines) is 1. The molecule has 2 fully saturated rings. The normalized spacial score (nSPS) is 29.1. The maximum absolute atomic E-state index is 9.00. The molecule has 2 nitrogen and oxygen atoms in total. The van der Waals surface area contributed by atoms with Crippen LogP contribution in [0.1, 0.15) is 32.6 Å². The van der Waals surface area contributed by atoms with Gasteiger partial charge < -0.3 is 10.0 Å². The molecule has 0 radical (unpaired) electrons. The second-order valence-electron chi connectivity index (χ2n) is 5.21. The number of piperidine rings is 1. The molecule has 0 aromatic heterocycles. The number of aliphatic hydroxyl groups is 1. The Kier molecular flexibility index (Phi) is 2.61. The van der Waals surface area contributed by atoms with Gasteiger partial charge in [0.25, 0.3) is 0 Å². The minimum atomic E-state index is 0.394. The zero-order chi connectivity index (χ0) is 9.31. The van der Waals surface area contributed by atoms with Crippen LogP contribution in [-0.2, 0) is 0 Å². The fraction of sp³-hybridized carbons (Fsp3) is 1.00. The third-order valence-corrected chi connectivity index (χ3v) is 3.67. The maximum atomic E-state index is 9.00. The number of hydrogen-bond donors (Lipinski definition) is 1. The molecule has 0 aromatic carbocycles. The molecule has 1 heterocycles. The first-order valence-electron chi connectivity index (χ1n) is 5.55. The van der Waals surface area contributed by atoms with Crippen LogP contribution in [0.15, 0.2) is 0 Å². The first-order valence-corrected chi connectivity index (χ1v) is 5.55. The molecule has 0 amide bonds. The molecule has 2 heteroatoms. The Morgan fingerprint density at radius 1 is 1.31 bits per heavy atom. The predicted octanol–water partition coefficient (Wildman–Crippen LogP) is 1.49. The van der Waals surface area contributed by atoms with Gasteiger partial charge in [-0.2, -0.15) is 0 Å². The van der Waals surface area contributed by atoms with E-state index in [2.05, 4.69) is 11.8 Å². The molecule has 1 saturated carbocycles. The molecule has 13 heavy (non-hydrogen) atoms. The fourth-order valence-corrected chi connectivity index (χ4v) is 2.24. The standard InChI is InChI=1S/C11H21NO/c1-11(4-5-11)9-12-6-2-10(8-13)3-7-12/h10,13H,2-9H2,1H3. The van der Waals surface area contributed by atoms with Crippen LogP contribution in [0.4, 0.5) is 0 Å². The Balaban J connectivity index is 1.72. The average molecular weight is 183 g/mol. The van der Waals surface area contributed by atoms with E-state index in [1.807, 2.05) is 0 Å². The van der Waals surface area contributed by atoms with E-state index in [0.29, 0.717) is 17.9 Å². The molecular formula is C11H21NO. The summed E-state index contributed by atoms with van der Waals surface area (Å²) in [6, 6.07) is 0. The molecule has 76 valence electrons. The van der Waals surface area contributed by atoms with E-state index < -0.39 is 0 Å². The fourth-order valence-electron chi connectivity index (χ4n) is 2.24. The first-order chi connectivity index (χ1) is 6.22. The molecule has 2 aliphatic rings. The zero-order valence-electron chi connectivity index (χ0n) is 8.63. The van der Waals surface area contributed by atoms with E-state index in [1.165, 1.54) is 45.3 Å².